The van der Waals surface area contributed by atoms with Gasteiger partial charge in [-0.15, -0.1) is 0 Å². The molecule has 1 aromatic rings. The molecule has 1 atom stereocenters. The maximum absolute atomic E-state index is 12.4. The highest BCUT2D eigenvalue weighted by Crippen LogP contribution is 2.15. The molecule has 1 aliphatic rings. The molecule has 1 aromatic carbocycles. The Bertz CT molecular complexity index is 493. The van der Waals surface area contributed by atoms with Crippen molar-refractivity contribution in [2.75, 3.05) is 53.9 Å². The first-order chi connectivity index (χ1) is 11.6. The van der Waals surface area contributed by atoms with Gasteiger partial charge in [0.1, 0.15) is 6.61 Å². The fourth-order valence-corrected chi connectivity index (χ4v) is 3.00. The Morgan fingerprint density at radius 3 is 2.67 bits per heavy atom. The molecule has 0 N–H and O–H groups in total. The number of likely N-dealkylation sites (N-methyl/N-ethyl adjacent to an activating group) is 2. The van der Waals surface area contributed by atoms with Gasteiger partial charge in [0.05, 0.1) is 6.61 Å². The van der Waals surface area contributed by atoms with Gasteiger partial charge in [0.2, 0.25) is 5.91 Å². The lowest BCUT2D eigenvalue weighted by Gasteiger charge is -2.38. The zero-order valence-corrected chi connectivity index (χ0v) is 15.3. The third kappa shape index (κ3) is 6.23. The summed E-state index contributed by atoms with van der Waals surface area (Å²) in [5, 5.41) is 0. The van der Waals surface area contributed by atoms with Crippen molar-refractivity contribution in [3.05, 3.63) is 35.9 Å². The number of rotatable bonds is 8. The van der Waals surface area contributed by atoms with E-state index in [1.54, 1.807) is 0 Å². The molecule has 2 rings (SSSR count). The number of likely N-dealkylation sites (tertiary alicyclic amines) is 1. The van der Waals surface area contributed by atoms with Crippen molar-refractivity contribution in [1.82, 2.24) is 14.7 Å². The van der Waals surface area contributed by atoms with Crippen LogP contribution in [0.5, 0.6) is 0 Å². The Hall–Kier alpha value is -1.43. The minimum absolute atomic E-state index is 0.108. The summed E-state index contributed by atoms with van der Waals surface area (Å²) >= 11 is 0. The van der Waals surface area contributed by atoms with Crippen LogP contribution in [-0.4, -0.2) is 80.6 Å². The Kier molecular flexibility index (Phi) is 7.69. The molecule has 0 unspecified atom stereocenters. The van der Waals surface area contributed by atoms with Crippen molar-refractivity contribution in [3.8, 4) is 0 Å². The molecule has 0 spiro atoms. The van der Waals surface area contributed by atoms with Crippen LogP contribution in [-0.2, 0) is 16.1 Å². The first-order valence-corrected chi connectivity index (χ1v) is 8.80. The fourth-order valence-electron chi connectivity index (χ4n) is 3.00. The van der Waals surface area contributed by atoms with Crippen molar-refractivity contribution >= 4 is 5.91 Å². The van der Waals surface area contributed by atoms with Crippen molar-refractivity contribution < 1.29 is 9.53 Å². The van der Waals surface area contributed by atoms with E-state index < -0.39 is 0 Å². The minimum Gasteiger partial charge on any atom is -0.367 e. The van der Waals surface area contributed by atoms with E-state index in [1.165, 1.54) is 6.42 Å². The number of nitrogens with zero attached hydrogens (tertiary/aromatic N) is 3. The monoisotopic (exact) mass is 333 g/mol. The second-order valence-corrected chi connectivity index (χ2v) is 6.90. The number of ether oxygens (including phenoxy) is 1. The number of amides is 1. The van der Waals surface area contributed by atoms with Gasteiger partial charge in [-0.2, -0.15) is 0 Å². The first kappa shape index (κ1) is 18.9. The summed E-state index contributed by atoms with van der Waals surface area (Å²) in [6.45, 7) is 4.41. The molecule has 1 fully saturated rings. The molecular formula is C19H31N3O2. The molecule has 1 amide bonds. The number of benzene rings is 1. The molecule has 0 aliphatic carbocycles. The van der Waals surface area contributed by atoms with Crippen molar-refractivity contribution in [2.45, 2.75) is 25.5 Å². The van der Waals surface area contributed by atoms with E-state index in [9.17, 15) is 4.79 Å². The van der Waals surface area contributed by atoms with E-state index in [1.807, 2.05) is 35.2 Å². The van der Waals surface area contributed by atoms with E-state index in [0.29, 0.717) is 12.6 Å². The molecule has 0 radical (unpaired) electrons. The average Bonchev–Trinajstić information content (AvgIpc) is 2.60. The van der Waals surface area contributed by atoms with Gasteiger partial charge in [0.15, 0.2) is 0 Å². The number of carbonyl (C=O) groups is 1. The third-order valence-electron chi connectivity index (χ3n) is 4.61. The zero-order valence-electron chi connectivity index (χ0n) is 15.3. The molecule has 0 bridgehead atoms. The summed E-state index contributed by atoms with van der Waals surface area (Å²) in [6, 6.07) is 10.4. The zero-order chi connectivity index (χ0) is 17.4. The Morgan fingerprint density at radius 2 is 1.96 bits per heavy atom. The highest BCUT2D eigenvalue weighted by molar-refractivity contribution is 5.77. The van der Waals surface area contributed by atoms with E-state index in [-0.39, 0.29) is 12.5 Å². The molecule has 0 aromatic heterocycles. The SMILES string of the molecule is CN(C)CCN(C)[C@@H]1CCCN(C(=O)COCc2ccccc2)C1. The van der Waals surface area contributed by atoms with Crippen LogP contribution < -0.4 is 0 Å². The summed E-state index contributed by atoms with van der Waals surface area (Å²) in [7, 11) is 6.34. The molecule has 134 valence electrons. The molecular weight excluding hydrogens is 302 g/mol. The van der Waals surface area contributed by atoms with E-state index in [4.69, 9.17) is 4.74 Å². The predicted molar refractivity (Wildman–Crippen MR) is 96.9 cm³/mol. The summed E-state index contributed by atoms with van der Waals surface area (Å²) in [6.07, 6.45) is 2.24. The first-order valence-electron chi connectivity index (χ1n) is 8.80. The summed E-state index contributed by atoms with van der Waals surface area (Å²) in [5.74, 6) is 0.108. The lowest BCUT2D eigenvalue weighted by Crippen LogP contribution is -2.50. The number of carbonyl (C=O) groups excluding carboxylic acids is 1. The van der Waals surface area contributed by atoms with Crippen molar-refractivity contribution in [3.63, 3.8) is 0 Å². The van der Waals surface area contributed by atoms with Crippen LogP contribution in [0.15, 0.2) is 30.3 Å². The van der Waals surface area contributed by atoms with E-state index in [0.717, 1.165) is 38.2 Å². The third-order valence-corrected chi connectivity index (χ3v) is 4.61. The highest BCUT2D eigenvalue weighted by atomic mass is 16.5. The van der Waals surface area contributed by atoms with Crippen LogP contribution in [0.3, 0.4) is 0 Å². The van der Waals surface area contributed by atoms with Crippen LogP contribution in [0.25, 0.3) is 0 Å². The van der Waals surface area contributed by atoms with Gasteiger partial charge in [0.25, 0.3) is 0 Å². The number of hydrogen-bond donors (Lipinski definition) is 0. The smallest absolute Gasteiger partial charge is 0.248 e. The number of piperidine rings is 1. The van der Waals surface area contributed by atoms with Crippen molar-refractivity contribution in [1.29, 1.82) is 0 Å². The van der Waals surface area contributed by atoms with Crippen LogP contribution in [0.2, 0.25) is 0 Å². The second kappa shape index (κ2) is 9.77. The van der Waals surface area contributed by atoms with Gasteiger partial charge in [-0.05, 0) is 39.5 Å². The second-order valence-electron chi connectivity index (χ2n) is 6.90. The standard InChI is InChI=1S/C19H31N3O2/c1-20(2)12-13-21(3)18-10-7-11-22(14-18)19(23)16-24-15-17-8-5-4-6-9-17/h4-6,8-9,18H,7,10-16H2,1-3H3/t18-/m1/s1. The Morgan fingerprint density at radius 1 is 1.21 bits per heavy atom. The summed E-state index contributed by atoms with van der Waals surface area (Å²) < 4.78 is 5.60. The lowest BCUT2D eigenvalue weighted by molar-refractivity contribution is -0.138. The maximum atomic E-state index is 12.4. The van der Waals surface area contributed by atoms with Crippen molar-refractivity contribution in [2.24, 2.45) is 0 Å². The fraction of sp³-hybridized carbons (Fsp3) is 0.632. The summed E-state index contributed by atoms with van der Waals surface area (Å²) in [5.41, 5.74) is 1.10. The van der Waals surface area contributed by atoms with Crippen LogP contribution >= 0.6 is 0 Å². The van der Waals surface area contributed by atoms with Crippen LogP contribution in [0.4, 0.5) is 0 Å². The molecule has 5 heteroatoms. The summed E-state index contributed by atoms with van der Waals surface area (Å²) in [4.78, 5) is 18.9. The van der Waals surface area contributed by atoms with Gasteiger partial charge in [-0.25, -0.2) is 0 Å². The van der Waals surface area contributed by atoms with Gasteiger partial charge in [-0.3, -0.25) is 4.79 Å². The average molecular weight is 333 g/mol. The molecule has 0 saturated carbocycles. The van der Waals surface area contributed by atoms with Gasteiger partial charge in [-0.1, -0.05) is 30.3 Å². The van der Waals surface area contributed by atoms with Gasteiger partial charge >= 0.3 is 0 Å². The van der Waals surface area contributed by atoms with Crippen LogP contribution in [0.1, 0.15) is 18.4 Å². The van der Waals surface area contributed by atoms with Crippen LogP contribution in [0, 0.1) is 0 Å². The van der Waals surface area contributed by atoms with E-state index >= 15 is 0 Å². The predicted octanol–water partition coefficient (Wildman–Crippen LogP) is 1.69. The molecule has 1 saturated heterocycles. The lowest BCUT2D eigenvalue weighted by atomic mass is 10.0. The molecule has 24 heavy (non-hydrogen) atoms. The largest absolute Gasteiger partial charge is 0.367 e. The van der Waals surface area contributed by atoms with Gasteiger partial charge in [0, 0.05) is 32.2 Å². The Labute approximate surface area is 146 Å². The quantitative estimate of drug-likeness (QED) is 0.725. The number of hydrogen-bond acceptors (Lipinski definition) is 4. The molecule has 1 aliphatic heterocycles. The maximum Gasteiger partial charge on any atom is 0.248 e. The highest BCUT2D eigenvalue weighted by Gasteiger charge is 2.26. The topological polar surface area (TPSA) is 36.0 Å². The minimum atomic E-state index is 0.108. The Balaban J connectivity index is 1.73. The van der Waals surface area contributed by atoms with E-state index in [2.05, 4.69) is 30.9 Å². The molecule has 1 heterocycles. The molecule has 5 nitrogen and oxygen atoms in total. The van der Waals surface area contributed by atoms with Gasteiger partial charge < -0.3 is 19.4 Å². The normalized spacial score (nSPS) is 18.4.